The van der Waals surface area contributed by atoms with Crippen LogP contribution in [0.4, 0.5) is 3.89 Å². The predicted molar refractivity (Wildman–Crippen MR) is 97.2 cm³/mol. The summed E-state index contributed by atoms with van der Waals surface area (Å²) in [6.45, 7) is 12.7. The molecule has 0 spiro atoms. The third-order valence-corrected chi connectivity index (χ3v) is 4.00. The summed E-state index contributed by atoms with van der Waals surface area (Å²) in [6.07, 6.45) is 0. The highest BCUT2D eigenvalue weighted by Gasteiger charge is 2.23. The lowest BCUT2D eigenvalue weighted by Gasteiger charge is -2.20. The van der Waals surface area contributed by atoms with E-state index in [0.717, 1.165) is 0 Å². The van der Waals surface area contributed by atoms with Crippen molar-refractivity contribution in [2.45, 2.75) is 52.9 Å². The Hall–Kier alpha value is -1.85. The maximum atomic E-state index is 13.0. The molecule has 138 valence electrons. The summed E-state index contributed by atoms with van der Waals surface area (Å²) in [4.78, 5) is 12.4. The van der Waals surface area contributed by atoms with Crippen molar-refractivity contribution in [2.75, 3.05) is 0 Å². The molecule has 0 aliphatic heterocycles. The van der Waals surface area contributed by atoms with Crippen LogP contribution in [0.25, 0.3) is 0 Å². The SMILES string of the molecule is Cc1c(OS(=O)(=O)F)cc(C#C[Si](C)(C)C)cc1C(=O)OC(C)(C)C. The number of halogens is 1. The van der Waals surface area contributed by atoms with Crippen molar-refractivity contribution in [3.63, 3.8) is 0 Å². The Morgan fingerprint density at radius 2 is 1.76 bits per heavy atom. The number of carbonyl (C=O) groups is 1. The van der Waals surface area contributed by atoms with Crippen LogP contribution in [0.5, 0.6) is 5.75 Å². The van der Waals surface area contributed by atoms with Crippen molar-refractivity contribution in [1.29, 1.82) is 0 Å². The normalized spacial score (nSPS) is 12.2. The van der Waals surface area contributed by atoms with Gasteiger partial charge in [0.15, 0.2) is 0 Å². The van der Waals surface area contributed by atoms with Gasteiger partial charge in [-0.1, -0.05) is 29.4 Å². The Bertz CT molecular complexity index is 837. The number of ether oxygens (including phenoxy) is 1. The molecule has 8 heteroatoms. The second-order valence-electron chi connectivity index (χ2n) is 7.63. The third-order valence-electron chi connectivity index (χ3n) is 2.75. The van der Waals surface area contributed by atoms with Crippen LogP contribution in [-0.4, -0.2) is 28.1 Å². The van der Waals surface area contributed by atoms with E-state index in [0.29, 0.717) is 5.56 Å². The lowest BCUT2D eigenvalue weighted by molar-refractivity contribution is 0.00683. The fourth-order valence-electron chi connectivity index (χ4n) is 1.76. The largest absolute Gasteiger partial charge is 0.488 e. The number of carbonyl (C=O) groups excluding carboxylic acids is 1. The standard InChI is InChI=1S/C17H23FO5SSi/c1-12-14(16(19)22-17(2,3)4)10-13(8-9-25(5,6)7)11-15(12)23-24(18,20)21/h10-11H,1-7H3. The van der Waals surface area contributed by atoms with Gasteiger partial charge in [-0.2, -0.15) is 8.42 Å². The summed E-state index contributed by atoms with van der Waals surface area (Å²) < 4.78 is 44.4. The Labute approximate surface area is 150 Å². The van der Waals surface area contributed by atoms with Crippen LogP contribution in [0.15, 0.2) is 12.1 Å². The summed E-state index contributed by atoms with van der Waals surface area (Å²) >= 11 is 0. The van der Waals surface area contributed by atoms with Crippen LogP contribution in [0.1, 0.15) is 42.3 Å². The van der Waals surface area contributed by atoms with Gasteiger partial charge in [0.1, 0.15) is 19.4 Å². The first-order chi connectivity index (χ1) is 11.1. The molecule has 1 aromatic rings. The van der Waals surface area contributed by atoms with Crippen molar-refractivity contribution in [3.05, 3.63) is 28.8 Å². The molecule has 0 bridgehead atoms. The van der Waals surface area contributed by atoms with Gasteiger partial charge in [-0.15, -0.1) is 5.54 Å². The van der Waals surface area contributed by atoms with E-state index in [1.54, 1.807) is 20.8 Å². The third kappa shape index (κ3) is 7.71. The first kappa shape index (κ1) is 21.2. The molecule has 1 aromatic carbocycles. The maximum absolute atomic E-state index is 13.0. The second kappa shape index (κ2) is 7.18. The Balaban J connectivity index is 3.50. The molecule has 0 aromatic heterocycles. The van der Waals surface area contributed by atoms with Gasteiger partial charge in [0.05, 0.1) is 5.56 Å². The molecular weight excluding hydrogens is 363 g/mol. The summed E-state index contributed by atoms with van der Waals surface area (Å²) in [6, 6.07) is 2.79. The molecule has 0 radical (unpaired) electrons. The Morgan fingerprint density at radius 3 is 2.20 bits per heavy atom. The average Bonchev–Trinajstić information content (AvgIpc) is 2.34. The molecule has 25 heavy (non-hydrogen) atoms. The van der Waals surface area contributed by atoms with Crippen molar-refractivity contribution in [1.82, 2.24) is 0 Å². The fourth-order valence-corrected chi connectivity index (χ4v) is 2.67. The minimum absolute atomic E-state index is 0.0796. The lowest BCUT2D eigenvalue weighted by Crippen LogP contribution is -2.24. The molecule has 0 saturated carbocycles. The van der Waals surface area contributed by atoms with E-state index in [9.17, 15) is 17.1 Å². The van der Waals surface area contributed by atoms with E-state index in [1.807, 2.05) is 19.6 Å². The van der Waals surface area contributed by atoms with E-state index in [4.69, 9.17) is 4.74 Å². The molecule has 1 rings (SSSR count). The summed E-state index contributed by atoms with van der Waals surface area (Å²) in [5.74, 6) is 1.95. The molecule has 0 atom stereocenters. The summed E-state index contributed by atoms with van der Waals surface area (Å²) in [7, 11) is -6.94. The van der Waals surface area contributed by atoms with Crippen molar-refractivity contribution >= 4 is 24.5 Å². The maximum Gasteiger partial charge on any atom is 0.488 e. The van der Waals surface area contributed by atoms with Gasteiger partial charge in [0.2, 0.25) is 0 Å². The Kier molecular flexibility index (Phi) is 6.08. The minimum Gasteiger partial charge on any atom is -0.456 e. The second-order valence-corrected chi connectivity index (χ2v) is 13.3. The molecule has 0 saturated heterocycles. The highest BCUT2D eigenvalue weighted by atomic mass is 32.3. The van der Waals surface area contributed by atoms with E-state index >= 15 is 0 Å². The van der Waals surface area contributed by atoms with Crippen molar-refractivity contribution in [2.24, 2.45) is 0 Å². The first-order valence-corrected chi connectivity index (χ1v) is 12.4. The highest BCUT2D eigenvalue weighted by molar-refractivity contribution is 7.81. The van der Waals surface area contributed by atoms with Crippen LogP contribution in [0.3, 0.4) is 0 Å². The zero-order valence-corrected chi connectivity index (χ0v) is 17.3. The molecule has 5 nitrogen and oxygen atoms in total. The predicted octanol–water partition coefficient (Wildman–Crippen LogP) is 3.77. The quantitative estimate of drug-likeness (QED) is 0.342. The van der Waals surface area contributed by atoms with Crippen molar-refractivity contribution < 1.29 is 26.0 Å². The van der Waals surface area contributed by atoms with E-state index < -0.39 is 30.1 Å². The molecular formula is C17H23FO5SSi. The van der Waals surface area contributed by atoms with Crippen LogP contribution >= 0.6 is 0 Å². The van der Waals surface area contributed by atoms with E-state index in [1.165, 1.54) is 19.1 Å². The summed E-state index contributed by atoms with van der Waals surface area (Å²) in [5.41, 5.74) is 2.96. The van der Waals surface area contributed by atoms with Gasteiger partial charge in [0.25, 0.3) is 0 Å². The molecule has 0 heterocycles. The van der Waals surface area contributed by atoms with E-state index in [-0.39, 0.29) is 16.9 Å². The smallest absolute Gasteiger partial charge is 0.456 e. The average molecular weight is 387 g/mol. The minimum atomic E-state index is -5.23. The molecule has 0 aliphatic carbocycles. The lowest BCUT2D eigenvalue weighted by atomic mass is 10.0. The van der Waals surface area contributed by atoms with Gasteiger partial charge in [-0.25, -0.2) is 4.79 Å². The molecule has 0 unspecified atom stereocenters. The number of hydrogen-bond acceptors (Lipinski definition) is 5. The zero-order valence-electron chi connectivity index (χ0n) is 15.5. The highest BCUT2D eigenvalue weighted by Crippen LogP contribution is 2.27. The van der Waals surface area contributed by atoms with Gasteiger partial charge in [-0.3, -0.25) is 0 Å². The fraction of sp³-hybridized carbons (Fsp3) is 0.471. The van der Waals surface area contributed by atoms with Crippen LogP contribution in [0.2, 0.25) is 19.6 Å². The van der Waals surface area contributed by atoms with E-state index in [2.05, 4.69) is 15.6 Å². The van der Waals surface area contributed by atoms with Crippen LogP contribution in [-0.2, 0) is 15.2 Å². The van der Waals surface area contributed by atoms with Crippen LogP contribution in [0, 0.1) is 18.4 Å². The number of rotatable bonds is 3. The molecule has 0 aliphatic rings. The Morgan fingerprint density at radius 1 is 1.20 bits per heavy atom. The van der Waals surface area contributed by atoms with Crippen LogP contribution < -0.4 is 4.18 Å². The number of hydrogen-bond donors (Lipinski definition) is 0. The molecule has 0 fully saturated rings. The molecule has 0 N–H and O–H groups in total. The summed E-state index contributed by atoms with van der Waals surface area (Å²) in [5, 5.41) is 0. The zero-order chi connectivity index (χ0) is 19.6. The number of benzene rings is 1. The molecule has 0 amide bonds. The van der Waals surface area contributed by atoms with Crippen molar-refractivity contribution in [3.8, 4) is 17.2 Å². The monoisotopic (exact) mass is 386 g/mol. The van der Waals surface area contributed by atoms with Gasteiger partial charge < -0.3 is 8.92 Å². The van der Waals surface area contributed by atoms with Gasteiger partial charge >= 0.3 is 16.5 Å². The topological polar surface area (TPSA) is 69.7 Å². The number of esters is 1. The first-order valence-electron chi connectivity index (χ1n) is 7.63. The van der Waals surface area contributed by atoms with Gasteiger partial charge in [0, 0.05) is 11.1 Å². The van der Waals surface area contributed by atoms with Gasteiger partial charge in [-0.05, 0) is 39.8 Å².